The fraction of sp³-hybridized carbons (Fsp3) is 0.417. The van der Waals surface area contributed by atoms with Gasteiger partial charge in [0.15, 0.2) is 18.1 Å². The molecule has 1 aromatic rings. The molecule has 0 amide bonds. The van der Waals surface area contributed by atoms with E-state index in [0.29, 0.717) is 17.1 Å². The topological polar surface area (TPSA) is 44.8 Å². The molecule has 0 aliphatic rings. The van der Waals surface area contributed by atoms with E-state index in [-0.39, 0.29) is 6.42 Å². The summed E-state index contributed by atoms with van der Waals surface area (Å²) in [6, 6.07) is 4.62. The molecule has 0 aliphatic carbocycles. The summed E-state index contributed by atoms with van der Waals surface area (Å²) < 4.78 is 49.7. The third-order valence-corrected chi connectivity index (χ3v) is 2.19. The van der Waals surface area contributed by atoms with Gasteiger partial charge >= 0.3 is 12.1 Å². The number of ether oxygens (including phenoxy) is 3. The Morgan fingerprint density at radius 1 is 1.16 bits per heavy atom. The van der Waals surface area contributed by atoms with Crippen LogP contribution in [0.2, 0.25) is 0 Å². The van der Waals surface area contributed by atoms with E-state index in [1.54, 1.807) is 12.1 Å². The molecule has 7 heteroatoms. The van der Waals surface area contributed by atoms with Gasteiger partial charge in [0, 0.05) is 0 Å². The largest absolute Gasteiger partial charge is 0.493 e. The maximum Gasteiger partial charge on any atom is 0.422 e. The van der Waals surface area contributed by atoms with Crippen LogP contribution in [0.25, 0.3) is 0 Å². The van der Waals surface area contributed by atoms with Crippen LogP contribution < -0.4 is 9.47 Å². The minimum atomic E-state index is -4.52. The zero-order valence-corrected chi connectivity index (χ0v) is 10.4. The number of carbonyl (C=O) groups is 1. The molecule has 0 bridgehead atoms. The molecule has 0 aliphatic heterocycles. The van der Waals surface area contributed by atoms with E-state index in [4.69, 9.17) is 9.47 Å². The van der Waals surface area contributed by atoms with E-state index in [1.807, 2.05) is 0 Å². The molecule has 1 rings (SSSR count). The summed E-state index contributed by atoms with van der Waals surface area (Å²) in [5, 5.41) is 0. The highest BCUT2D eigenvalue weighted by Crippen LogP contribution is 2.27. The van der Waals surface area contributed by atoms with Gasteiger partial charge in [-0.05, 0) is 17.7 Å². The normalized spacial score (nSPS) is 11.0. The van der Waals surface area contributed by atoms with Gasteiger partial charge in [0.2, 0.25) is 0 Å². The van der Waals surface area contributed by atoms with E-state index < -0.39 is 18.8 Å². The summed E-state index contributed by atoms with van der Waals surface area (Å²) in [5.41, 5.74) is 0.477. The second-order valence-corrected chi connectivity index (χ2v) is 3.64. The monoisotopic (exact) mass is 278 g/mol. The SMILES string of the molecule is COc1ccc(CC(=O)OCC(F)(F)F)cc1OC. The standard InChI is InChI=1S/C12H13F3O4/c1-17-9-4-3-8(5-10(9)18-2)6-11(16)19-7-12(13,14)15/h3-5H,6-7H2,1-2H3. The number of benzene rings is 1. The maximum atomic E-state index is 11.9. The Hall–Kier alpha value is -1.92. The number of rotatable bonds is 5. The lowest BCUT2D eigenvalue weighted by molar-refractivity contribution is -0.185. The molecule has 19 heavy (non-hydrogen) atoms. The number of hydrogen-bond donors (Lipinski definition) is 0. The van der Waals surface area contributed by atoms with Crippen molar-refractivity contribution in [2.45, 2.75) is 12.6 Å². The van der Waals surface area contributed by atoms with Crippen LogP contribution in [0.4, 0.5) is 13.2 Å². The molecule has 0 saturated carbocycles. The van der Waals surface area contributed by atoms with Gasteiger partial charge in [-0.2, -0.15) is 13.2 Å². The van der Waals surface area contributed by atoms with Crippen LogP contribution in [-0.4, -0.2) is 33.0 Å². The van der Waals surface area contributed by atoms with Crippen LogP contribution >= 0.6 is 0 Å². The lowest BCUT2D eigenvalue weighted by atomic mass is 10.1. The van der Waals surface area contributed by atoms with Gasteiger partial charge in [-0.15, -0.1) is 0 Å². The molecule has 0 heterocycles. The molecule has 0 spiro atoms. The third kappa shape index (κ3) is 5.07. The van der Waals surface area contributed by atoms with Crippen LogP contribution in [0.15, 0.2) is 18.2 Å². The molecule has 0 fully saturated rings. The summed E-state index contributed by atoms with van der Waals surface area (Å²) in [6.07, 6.45) is -4.79. The van der Waals surface area contributed by atoms with Crippen LogP contribution in [0, 0.1) is 0 Å². The number of methoxy groups -OCH3 is 2. The number of halogens is 3. The zero-order valence-electron chi connectivity index (χ0n) is 10.4. The van der Waals surface area contributed by atoms with E-state index in [9.17, 15) is 18.0 Å². The fourth-order valence-electron chi connectivity index (χ4n) is 1.37. The average molecular weight is 278 g/mol. The Balaban J connectivity index is 2.64. The minimum Gasteiger partial charge on any atom is -0.493 e. The molecule has 0 aromatic heterocycles. The molecule has 0 radical (unpaired) electrons. The lowest BCUT2D eigenvalue weighted by Gasteiger charge is -2.10. The van der Waals surface area contributed by atoms with Crippen molar-refractivity contribution >= 4 is 5.97 Å². The Kier molecular flexibility index (Phi) is 5.02. The average Bonchev–Trinajstić information content (AvgIpc) is 2.35. The first-order valence-electron chi connectivity index (χ1n) is 5.29. The Morgan fingerprint density at radius 2 is 1.79 bits per heavy atom. The van der Waals surface area contributed by atoms with Gasteiger partial charge in [-0.25, -0.2) is 0 Å². The molecular weight excluding hydrogens is 265 g/mol. The van der Waals surface area contributed by atoms with Crippen molar-refractivity contribution in [3.63, 3.8) is 0 Å². The minimum absolute atomic E-state index is 0.267. The predicted octanol–water partition coefficient (Wildman–Crippen LogP) is 2.35. The highest BCUT2D eigenvalue weighted by Gasteiger charge is 2.29. The van der Waals surface area contributed by atoms with E-state index in [0.717, 1.165) is 0 Å². The first-order chi connectivity index (χ1) is 8.85. The van der Waals surface area contributed by atoms with Gasteiger partial charge in [0.05, 0.1) is 20.6 Å². The number of hydrogen-bond acceptors (Lipinski definition) is 4. The van der Waals surface area contributed by atoms with Gasteiger partial charge in [-0.1, -0.05) is 6.07 Å². The van der Waals surface area contributed by atoms with Crippen molar-refractivity contribution in [1.82, 2.24) is 0 Å². The summed E-state index contributed by atoms with van der Waals surface area (Å²) in [4.78, 5) is 11.2. The van der Waals surface area contributed by atoms with Gasteiger partial charge in [0.25, 0.3) is 0 Å². The summed E-state index contributed by atoms with van der Waals surface area (Å²) in [6.45, 7) is -1.58. The number of esters is 1. The van der Waals surface area contributed by atoms with Crippen molar-refractivity contribution in [2.75, 3.05) is 20.8 Å². The van der Waals surface area contributed by atoms with Crippen molar-refractivity contribution in [1.29, 1.82) is 0 Å². The molecule has 106 valence electrons. The summed E-state index contributed by atoms with van der Waals surface area (Å²) >= 11 is 0. The fourth-order valence-corrected chi connectivity index (χ4v) is 1.37. The van der Waals surface area contributed by atoms with Crippen LogP contribution in [0.3, 0.4) is 0 Å². The maximum absolute atomic E-state index is 11.9. The first-order valence-corrected chi connectivity index (χ1v) is 5.29. The quantitative estimate of drug-likeness (QED) is 0.776. The van der Waals surface area contributed by atoms with Gasteiger partial charge < -0.3 is 14.2 Å². The second-order valence-electron chi connectivity index (χ2n) is 3.64. The Labute approximate surface area is 108 Å². The van der Waals surface area contributed by atoms with Gasteiger partial charge in [0.1, 0.15) is 0 Å². The summed E-state index contributed by atoms with van der Waals surface area (Å²) in [7, 11) is 2.87. The van der Waals surface area contributed by atoms with Crippen molar-refractivity contribution < 1.29 is 32.2 Å². The van der Waals surface area contributed by atoms with Crippen LogP contribution in [0.1, 0.15) is 5.56 Å². The molecule has 0 saturated heterocycles. The highest BCUT2D eigenvalue weighted by atomic mass is 19.4. The molecule has 0 atom stereocenters. The second kappa shape index (κ2) is 6.31. The number of carbonyl (C=O) groups excluding carboxylic acids is 1. The van der Waals surface area contributed by atoms with Gasteiger partial charge in [-0.3, -0.25) is 4.79 Å². The lowest BCUT2D eigenvalue weighted by Crippen LogP contribution is -2.21. The van der Waals surface area contributed by atoms with Crippen molar-refractivity contribution in [3.05, 3.63) is 23.8 Å². The Morgan fingerprint density at radius 3 is 2.32 bits per heavy atom. The first kappa shape index (κ1) is 15.1. The highest BCUT2D eigenvalue weighted by molar-refractivity contribution is 5.73. The molecule has 1 aromatic carbocycles. The molecular formula is C12H13F3O4. The van der Waals surface area contributed by atoms with Crippen LogP contribution in [-0.2, 0) is 16.0 Å². The summed E-state index contributed by atoms with van der Waals surface area (Å²) in [5.74, 6) is -0.0944. The Bertz CT molecular complexity index is 443. The van der Waals surface area contributed by atoms with E-state index >= 15 is 0 Å². The zero-order chi connectivity index (χ0) is 14.5. The van der Waals surface area contributed by atoms with Crippen molar-refractivity contribution in [3.8, 4) is 11.5 Å². The number of alkyl halides is 3. The van der Waals surface area contributed by atoms with E-state index in [1.165, 1.54) is 20.3 Å². The van der Waals surface area contributed by atoms with Crippen molar-refractivity contribution in [2.24, 2.45) is 0 Å². The molecule has 4 nitrogen and oxygen atoms in total. The predicted molar refractivity (Wildman–Crippen MR) is 60.3 cm³/mol. The van der Waals surface area contributed by atoms with E-state index in [2.05, 4.69) is 4.74 Å². The third-order valence-electron chi connectivity index (χ3n) is 2.19. The van der Waals surface area contributed by atoms with Crippen LogP contribution in [0.5, 0.6) is 11.5 Å². The molecule has 0 N–H and O–H groups in total. The molecule has 0 unspecified atom stereocenters. The smallest absolute Gasteiger partial charge is 0.422 e.